The highest BCUT2D eigenvalue weighted by molar-refractivity contribution is 9.10. The van der Waals surface area contributed by atoms with Gasteiger partial charge in [-0.1, -0.05) is 28.1 Å². The van der Waals surface area contributed by atoms with Crippen LogP contribution in [-0.4, -0.2) is 40.8 Å². The first-order valence-electron chi connectivity index (χ1n) is 7.11. The Morgan fingerprint density at radius 3 is 2.43 bits per heavy atom. The normalized spacial score (nSPS) is 25.1. The largest absolute Gasteiger partial charge is 0.418 e. The quantitative estimate of drug-likeness (QED) is 0.809. The predicted octanol–water partition coefficient (Wildman–Crippen LogP) is 2.54. The summed E-state index contributed by atoms with van der Waals surface area (Å²) in [5, 5.41) is 9.83. The van der Waals surface area contributed by atoms with Crippen molar-refractivity contribution in [3.05, 3.63) is 34.3 Å². The molecular weight excluding hydrogens is 377 g/mol. The molecule has 1 aromatic rings. The van der Waals surface area contributed by atoms with Gasteiger partial charge in [0.25, 0.3) is 0 Å². The van der Waals surface area contributed by atoms with Gasteiger partial charge >= 0.3 is 6.18 Å². The maximum absolute atomic E-state index is 13.0. The molecule has 1 aliphatic heterocycles. The van der Waals surface area contributed by atoms with Crippen molar-refractivity contribution in [2.24, 2.45) is 5.73 Å². The van der Waals surface area contributed by atoms with Crippen LogP contribution < -0.4 is 5.73 Å². The summed E-state index contributed by atoms with van der Waals surface area (Å²) in [5.41, 5.74) is 2.24. The van der Waals surface area contributed by atoms with E-state index in [2.05, 4.69) is 15.9 Å². The van der Waals surface area contributed by atoms with E-state index >= 15 is 0 Å². The average Bonchev–Trinajstić information content (AvgIpc) is 2.46. The Morgan fingerprint density at radius 2 is 1.91 bits per heavy atom. The second-order valence-electron chi connectivity index (χ2n) is 6.07. The van der Waals surface area contributed by atoms with Crippen LogP contribution in [0.3, 0.4) is 0 Å². The van der Waals surface area contributed by atoms with Crippen LogP contribution in [-0.2, 0) is 10.3 Å². The molecule has 0 aromatic heterocycles. The third-order valence-corrected chi connectivity index (χ3v) is 4.70. The van der Waals surface area contributed by atoms with Crippen LogP contribution >= 0.6 is 15.9 Å². The first-order valence-corrected chi connectivity index (χ1v) is 7.90. The van der Waals surface area contributed by atoms with Crippen LogP contribution in [0.2, 0.25) is 0 Å². The average molecular weight is 395 g/mol. The molecule has 23 heavy (non-hydrogen) atoms. The Labute approximate surface area is 140 Å². The van der Waals surface area contributed by atoms with Crippen LogP contribution in [0.4, 0.5) is 13.2 Å². The topological polar surface area (TPSA) is 66.6 Å². The third-order valence-electron chi connectivity index (χ3n) is 4.17. The number of alkyl halides is 3. The minimum absolute atomic E-state index is 0.0676. The van der Waals surface area contributed by atoms with Crippen molar-refractivity contribution in [2.45, 2.75) is 37.1 Å². The number of aliphatic hydroxyl groups is 1. The molecule has 1 aromatic carbocycles. The zero-order valence-corrected chi connectivity index (χ0v) is 14.1. The van der Waals surface area contributed by atoms with E-state index in [0.29, 0.717) is 5.56 Å². The summed E-state index contributed by atoms with van der Waals surface area (Å²) >= 11 is 3.27. The molecule has 1 amide bonds. The number of hydrogen-bond donors (Lipinski definition) is 2. The summed E-state index contributed by atoms with van der Waals surface area (Å²) < 4.78 is 39.8. The van der Waals surface area contributed by atoms with Crippen molar-refractivity contribution in [3.63, 3.8) is 0 Å². The summed E-state index contributed by atoms with van der Waals surface area (Å²) in [6.45, 7) is 0.805. The summed E-state index contributed by atoms with van der Waals surface area (Å²) in [4.78, 5) is 13.6. The molecule has 1 aliphatic rings. The number of piperidine rings is 1. The molecule has 1 saturated heterocycles. The van der Waals surface area contributed by atoms with Gasteiger partial charge < -0.3 is 15.7 Å². The number of nitrogens with two attached hydrogens (primary N) is 1. The molecule has 0 saturated carbocycles. The first kappa shape index (κ1) is 18.2. The van der Waals surface area contributed by atoms with Gasteiger partial charge in [0.15, 0.2) is 5.60 Å². The monoisotopic (exact) mass is 394 g/mol. The molecule has 8 heteroatoms. The number of benzene rings is 1. The van der Waals surface area contributed by atoms with Gasteiger partial charge in [-0.2, -0.15) is 13.2 Å². The summed E-state index contributed by atoms with van der Waals surface area (Å²) in [5.74, 6) is -0.637. The Morgan fingerprint density at radius 1 is 1.35 bits per heavy atom. The van der Waals surface area contributed by atoms with E-state index in [0.717, 1.165) is 9.37 Å². The number of nitrogens with zero attached hydrogens (tertiary/aromatic N) is 1. The smallest absolute Gasteiger partial charge is 0.379 e. The van der Waals surface area contributed by atoms with Crippen LogP contribution in [0, 0.1) is 0 Å². The number of β-amino-alcohol motifs (C(OH)–C–C–N with tert-alkyl or cyclic N) is 1. The highest BCUT2D eigenvalue weighted by atomic mass is 79.9. The van der Waals surface area contributed by atoms with Gasteiger partial charge in [0.2, 0.25) is 5.91 Å². The zero-order valence-electron chi connectivity index (χ0n) is 12.5. The van der Waals surface area contributed by atoms with Gasteiger partial charge in [0, 0.05) is 11.0 Å². The number of halogens is 4. The van der Waals surface area contributed by atoms with E-state index in [9.17, 15) is 23.1 Å². The SMILES string of the molecule is CC(N)(C(=O)N1CCCC(O)(C(F)(F)F)C1)c1ccc(Br)cc1. The van der Waals surface area contributed by atoms with Gasteiger partial charge in [0.05, 0.1) is 6.54 Å². The summed E-state index contributed by atoms with van der Waals surface area (Å²) in [6, 6.07) is 6.69. The molecule has 2 rings (SSSR count). The molecule has 1 heterocycles. The number of likely N-dealkylation sites (tertiary alicyclic amines) is 1. The summed E-state index contributed by atoms with van der Waals surface area (Å²) in [6.07, 6.45) is -5.13. The molecule has 1 fully saturated rings. The Balaban J connectivity index is 2.23. The van der Waals surface area contributed by atoms with Crippen LogP contribution in [0.1, 0.15) is 25.3 Å². The molecule has 0 spiro atoms. The fourth-order valence-electron chi connectivity index (χ4n) is 2.69. The number of carbonyl (C=O) groups is 1. The number of amides is 1. The highest BCUT2D eigenvalue weighted by Crippen LogP contribution is 2.38. The molecule has 0 bridgehead atoms. The van der Waals surface area contributed by atoms with Gasteiger partial charge in [-0.15, -0.1) is 0 Å². The maximum Gasteiger partial charge on any atom is 0.418 e. The van der Waals surface area contributed by atoms with E-state index in [1.165, 1.54) is 6.92 Å². The lowest BCUT2D eigenvalue weighted by molar-refractivity contribution is -0.273. The van der Waals surface area contributed by atoms with E-state index in [1.807, 2.05) is 0 Å². The van der Waals surface area contributed by atoms with E-state index in [-0.39, 0.29) is 13.0 Å². The zero-order chi connectivity index (χ0) is 17.5. The number of carbonyl (C=O) groups excluding carboxylic acids is 1. The lowest BCUT2D eigenvalue weighted by Gasteiger charge is -2.42. The van der Waals surface area contributed by atoms with Crippen LogP contribution in [0.5, 0.6) is 0 Å². The van der Waals surface area contributed by atoms with E-state index in [1.54, 1.807) is 24.3 Å². The lowest BCUT2D eigenvalue weighted by atomic mass is 9.87. The predicted molar refractivity (Wildman–Crippen MR) is 82.5 cm³/mol. The lowest BCUT2D eigenvalue weighted by Crippen LogP contribution is -2.61. The summed E-state index contributed by atoms with van der Waals surface area (Å²) in [7, 11) is 0. The highest BCUT2D eigenvalue weighted by Gasteiger charge is 2.56. The molecular formula is C15H18BrF3N2O2. The minimum Gasteiger partial charge on any atom is -0.379 e. The molecule has 0 radical (unpaired) electrons. The Hall–Kier alpha value is -1.12. The molecule has 2 atom stereocenters. The fourth-order valence-corrected chi connectivity index (χ4v) is 2.95. The molecule has 4 nitrogen and oxygen atoms in total. The third kappa shape index (κ3) is 3.54. The molecule has 3 N–H and O–H groups in total. The molecule has 128 valence electrons. The van der Waals surface area contributed by atoms with Crippen LogP contribution in [0.15, 0.2) is 28.7 Å². The van der Waals surface area contributed by atoms with Gasteiger partial charge in [-0.25, -0.2) is 0 Å². The van der Waals surface area contributed by atoms with Crippen molar-refractivity contribution in [1.82, 2.24) is 4.90 Å². The van der Waals surface area contributed by atoms with Gasteiger partial charge in [0.1, 0.15) is 5.54 Å². The van der Waals surface area contributed by atoms with Crippen molar-refractivity contribution in [2.75, 3.05) is 13.1 Å². The minimum atomic E-state index is -4.78. The second-order valence-corrected chi connectivity index (χ2v) is 6.98. The Bertz CT molecular complexity index is 589. The van der Waals surface area contributed by atoms with Crippen LogP contribution in [0.25, 0.3) is 0 Å². The van der Waals surface area contributed by atoms with Crippen molar-refractivity contribution < 1.29 is 23.1 Å². The number of hydrogen-bond acceptors (Lipinski definition) is 3. The first-order chi connectivity index (χ1) is 10.5. The van der Waals surface area contributed by atoms with Crippen molar-refractivity contribution in [1.29, 1.82) is 0 Å². The van der Waals surface area contributed by atoms with Crippen molar-refractivity contribution in [3.8, 4) is 0 Å². The standard InChI is InChI=1S/C15H18BrF3N2O2/c1-13(20,10-3-5-11(16)6-4-10)12(22)21-8-2-7-14(23,9-21)15(17,18)19/h3-6,23H,2,7-9,20H2,1H3. The van der Waals surface area contributed by atoms with Gasteiger partial charge in [-0.3, -0.25) is 4.79 Å². The maximum atomic E-state index is 13.0. The van der Waals surface area contributed by atoms with Gasteiger partial charge in [-0.05, 0) is 37.5 Å². The molecule has 2 unspecified atom stereocenters. The number of rotatable bonds is 2. The Kier molecular flexibility index (Phi) is 4.81. The fraction of sp³-hybridized carbons (Fsp3) is 0.533. The second kappa shape index (κ2) is 6.07. The van der Waals surface area contributed by atoms with E-state index in [4.69, 9.17) is 5.73 Å². The molecule has 0 aliphatic carbocycles. The van der Waals surface area contributed by atoms with Crippen molar-refractivity contribution >= 4 is 21.8 Å². The van der Waals surface area contributed by atoms with E-state index < -0.39 is 36.2 Å².